The van der Waals surface area contributed by atoms with Crippen molar-refractivity contribution in [3.63, 3.8) is 0 Å². The van der Waals surface area contributed by atoms with Crippen LogP contribution in [0.2, 0.25) is 10.0 Å². The normalized spacial score (nSPS) is 18.7. The van der Waals surface area contributed by atoms with Crippen LogP contribution in [-0.4, -0.2) is 72.5 Å². The molecular formula is C18H24Cl2N4O2. The van der Waals surface area contributed by atoms with Crippen LogP contribution in [0.25, 0.3) is 0 Å². The summed E-state index contributed by atoms with van der Waals surface area (Å²) in [5, 5.41) is 3.76. The smallest absolute Gasteiger partial charge is 0.321 e. The van der Waals surface area contributed by atoms with Crippen molar-refractivity contribution in [1.82, 2.24) is 14.7 Å². The van der Waals surface area contributed by atoms with Crippen molar-refractivity contribution < 1.29 is 9.59 Å². The Balaban J connectivity index is 1.45. The predicted octanol–water partition coefficient (Wildman–Crippen LogP) is 3.16. The molecule has 3 amide bonds. The lowest BCUT2D eigenvalue weighted by atomic mass is 10.1. The van der Waals surface area contributed by atoms with Gasteiger partial charge in [-0.2, -0.15) is 0 Å². The van der Waals surface area contributed by atoms with Gasteiger partial charge in [0.2, 0.25) is 5.91 Å². The summed E-state index contributed by atoms with van der Waals surface area (Å²) in [6, 6.07) is 4.79. The fraction of sp³-hybridized carbons (Fsp3) is 0.556. The molecule has 0 spiro atoms. The number of hydrogen-bond donors (Lipinski definition) is 1. The van der Waals surface area contributed by atoms with Crippen LogP contribution in [0.3, 0.4) is 0 Å². The zero-order valence-electron chi connectivity index (χ0n) is 14.7. The van der Waals surface area contributed by atoms with E-state index in [9.17, 15) is 9.59 Å². The summed E-state index contributed by atoms with van der Waals surface area (Å²) >= 11 is 12.0. The lowest BCUT2D eigenvalue weighted by Gasteiger charge is -2.36. The molecule has 0 bridgehead atoms. The van der Waals surface area contributed by atoms with Crippen LogP contribution in [0, 0.1) is 0 Å². The number of nitrogens with one attached hydrogen (secondary N) is 1. The molecule has 8 heteroatoms. The number of nitrogens with zero attached hydrogens (tertiary/aromatic N) is 3. The number of amides is 3. The van der Waals surface area contributed by atoms with E-state index in [1.54, 1.807) is 23.1 Å². The van der Waals surface area contributed by atoms with Gasteiger partial charge < -0.3 is 15.1 Å². The number of halogens is 2. The summed E-state index contributed by atoms with van der Waals surface area (Å²) in [5.41, 5.74) is 0.545. The third-order valence-electron chi connectivity index (χ3n) is 4.90. The molecule has 0 aromatic heterocycles. The molecule has 1 aromatic carbocycles. The summed E-state index contributed by atoms with van der Waals surface area (Å²) < 4.78 is 0. The molecule has 2 heterocycles. The van der Waals surface area contributed by atoms with E-state index < -0.39 is 0 Å². The average Bonchev–Trinajstić information content (AvgIpc) is 2.65. The minimum atomic E-state index is -0.184. The van der Waals surface area contributed by atoms with Crippen molar-refractivity contribution in [2.75, 3.05) is 51.1 Å². The predicted molar refractivity (Wildman–Crippen MR) is 104 cm³/mol. The molecule has 1 aromatic rings. The van der Waals surface area contributed by atoms with Crippen molar-refractivity contribution in [2.45, 2.75) is 19.3 Å². The van der Waals surface area contributed by atoms with Crippen LogP contribution in [0.1, 0.15) is 19.3 Å². The van der Waals surface area contributed by atoms with Gasteiger partial charge in [-0.1, -0.05) is 23.2 Å². The molecule has 2 saturated heterocycles. The number of urea groups is 1. The van der Waals surface area contributed by atoms with Crippen LogP contribution in [0.4, 0.5) is 10.5 Å². The highest BCUT2D eigenvalue weighted by Crippen LogP contribution is 2.25. The Morgan fingerprint density at radius 2 is 1.62 bits per heavy atom. The van der Waals surface area contributed by atoms with Crippen molar-refractivity contribution >= 4 is 40.8 Å². The fourth-order valence-corrected chi connectivity index (χ4v) is 3.78. The summed E-state index contributed by atoms with van der Waals surface area (Å²) in [5.74, 6) is 0.204. The number of hydrogen-bond acceptors (Lipinski definition) is 3. The van der Waals surface area contributed by atoms with Crippen LogP contribution in [0.15, 0.2) is 18.2 Å². The number of rotatable bonds is 3. The number of piperazine rings is 1. The van der Waals surface area contributed by atoms with Crippen LogP contribution < -0.4 is 5.32 Å². The van der Waals surface area contributed by atoms with Gasteiger partial charge in [0.1, 0.15) is 0 Å². The molecule has 26 heavy (non-hydrogen) atoms. The Labute approximate surface area is 164 Å². The van der Waals surface area contributed by atoms with E-state index in [-0.39, 0.29) is 11.9 Å². The standard InChI is InChI=1S/C18H24Cl2N4O2/c19-14-4-5-16(15(20)12-14)21-18(26)24-10-8-22(9-11-24)13-17(25)23-6-2-1-3-7-23/h4-5,12H,1-3,6-11,13H2,(H,21,26). The van der Waals surface area contributed by atoms with E-state index in [1.807, 2.05) is 4.90 Å². The Hall–Kier alpha value is -1.50. The van der Waals surface area contributed by atoms with Gasteiger partial charge in [0.05, 0.1) is 17.3 Å². The second kappa shape index (κ2) is 8.93. The molecule has 2 fully saturated rings. The molecule has 142 valence electrons. The molecule has 0 saturated carbocycles. The molecular weight excluding hydrogens is 375 g/mol. The van der Waals surface area contributed by atoms with Gasteiger partial charge in [0.25, 0.3) is 0 Å². The third-order valence-corrected chi connectivity index (χ3v) is 5.45. The minimum Gasteiger partial charge on any atom is -0.342 e. The number of piperidine rings is 1. The van der Waals surface area contributed by atoms with Crippen LogP contribution in [-0.2, 0) is 4.79 Å². The SMILES string of the molecule is O=C(CN1CCN(C(=O)Nc2ccc(Cl)cc2Cl)CC1)N1CCCCC1. The zero-order chi connectivity index (χ0) is 18.5. The average molecular weight is 399 g/mol. The fourth-order valence-electron chi connectivity index (χ4n) is 3.33. The molecule has 0 unspecified atom stereocenters. The highest BCUT2D eigenvalue weighted by molar-refractivity contribution is 6.36. The van der Waals surface area contributed by atoms with E-state index in [4.69, 9.17) is 23.2 Å². The Kier molecular flexibility index (Phi) is 6.62. The molecule has 0 aliphatic carbocycles. The van der Waals surface area contributed by atoms with Crippen molar-refractivity contribution in [1.29, 1.82) is 0 Å². The van der Waals surface area contributed by atoms with Gasteiger partial charge in [-0.3, -0.25) is 9.69 Å². The van der Waals surface area contributed by atoms with Crippen molar-refractivity contribution in [2.24, 2.45) is 0 Å². The second-order valence-corrected chi connectivity index (χ2v) is 7.60. The number of anilines is 1. The summed E-state index contributed by atoms with van der Waals surface area (Å²) in [6.07, 6.45) is 3.43. The van der Waals surface area contributed by atoms with Gasteiger partial charge in [-0.25, -0.2) is 4.79 Å². The number of benzene rings is 1. The van der Waals surface area contributed by atoms with E-state index >= 15 is 0 Å². The maximum atomic E-state index is 12.4. The third kappa shape index (κ3) is 5.02. The lowest BCUT2D eigenvalue weighted by molar-refractivity contribution is -0.133. The molecule has 0 radical (unpaired) electrons. The number of carbonyl (C=O) groups is 2. The minimum absolute atomic E-state index is 0.184. The Morgan fingerprint density at radius 1 is 0.923 bits per heavy atom. The van der Waals surface area contributed by atoms with Gasteiger partial charge in [0, 0.05) is 44.3 Å². The number of likely N-dealkylation sites (tertiary alicyclic amines) is 1. The van der Waals surface area contributed by atoms with E-state index in [1.165, 1.54) is 6.42 Å². The van der Waals surface area contributed by atoms with Crippen molar-refractivity contribution in [3.8, 4) is 0 Å². The Morgan fingerprint density at radius 3 is 2.27 bits per heavy atom. The summed E-state index contributed by atoms with van der Waals surface area (Å²) in [7, 11) is 0. The maximum absolute atomic E-state index is 12.4. The van der Waals surface area contributed by atoms with E-state index in [0.717, 1.165) is 25.9 Å². The van der Waals surface area contributed by atoms with E-state index in [2.05, 4.69) is 10.2 Å². The topological polar surface area (TPSA) is 55.9 Å². The molecule has 2 aliphatic heterocycles. The molecule has 1 N–H and O–H groups in total. The first-order chi connectivity index (χ1) is 12.5. The first kappa shape index (κ1) is 19.3. The number of carbonyl (C=O) groups excluding carboxylic acids is 2. The van der Waals surface area contributed by atoms with Gasteiger partial charge in [-0.15, -0.1) is 0 Å². The zero-order valence-corrected chi connectivity index (χ0v) is 16.2. The monoisotopic (exact) mass is 398 g/mol. The second-order valence-electron chi connectivity index (χ2n) is 6.76. The molecule has 2 aliphatic rings. The largest absolute Gasteiger partial charge is 0.342 e. The maximum Gasteiger partial charge on any atom is 0.321 e. The quantitative estimate of drug-likeness (QED) is 0.850. The molecule has 3 rings (SSSR count). The highest BCUT2D eigenvalue weighted by Gasteiger charge is 2.25. The highest BCUT2D eigenvalue weighted by atomic mass is 35.5. The first-order valence-corrected chi connectivity index (χ1v) is 9.79. The molecule has 0 atom stereocenters. The van der Waals surface area contributed by atoms with Crippen molar-refractivity contribution in [3.05, 3.63) is 28.2 Å². The van der Waals surface area contributed by atoms with Gasteiger partial charge >= 0.3 is 6.03 Å². The lowest BCUT2D eigenvalue weighted by Crippen LogP contribution is -2.52. The van der Waals surface area contributed by atoms with E-state index in [0.29, 0.717) is 48.5 Å². The van der Waals surface area contributed by atoms with Crippen LogP contribution >= 0.6 is 23.2 Å². The summed E-state index contributed by atoms with van der Waals surface area (Å²) in [4.78, 5) is 30.6. The van der Waals surface area contributed by atoms with Gasteiger partial charge in [-0.05, 0) is 37.5 Å². The summed E-state index contributed by atoms with van der Waals surface area (Å²) in [6.45, 7) is 4.77. The Bertz CT molecular complexity index is 657. The van der Waals surface area contributed by atoms with Gasteiger partial charge in [0.15, 0.2) is 0 Å². The van der Waals surface area contributed by atoms with Crippen LogP contribution in [0.5, 0.6) is 0 Å². The first-order valence-electron chi connectivity index (χ1n) is 9.04. The molecule has 6 nitrogen and oxygen atoms in total.